The summed E-state index contributed by atoms with van der Waals surface area (Å²) >= 11 is 0. The predicted molar refractivity (Wildman–Crippen MR) is 58.8 cm³/mol. The van der Waals surface area contributed by atoms with E-state index >= 15 is 0 Å². The summed E-state index contributed by atoms with van der Waals surface area (Å²) in [5.74, 6) is -0.249. The third kappa shape index (κ3) is 3.54. The zero-order valence-electron chi connectivity index (χ0n) is 9.04. The van der Waals surface area contributed by atoms with Crippen LogP contribution in [0.2, 0.25) is 0 Å². The lowest BCUT2D eigenvalue weighted by molar-refractivity contribution is -0.116. The third-order valence-corrected chi connectivity index (χ3v) is 2.12. The van der Waals surface area contributed by atoms with Gasteiger partial charge in [0.15, 0.2) is 0 Å². The van der Waals surface area contributed by atoms with Crippen LogP contribution in [-0.2, 0) is 11.2 Å². The molecule has 0 spiro atoms. The van der Waals surface area contributed by atoms with Gasteiger partial charge in [0.1, 0.15) is 5.78 Å². The molecular formula is C12H15NO2. The van der Waals surface area contributed by atoms with E-state index in [2.05, 4.69) is 12.2 Å². The summed E-state index contributed by atoms with van der Waals surface area (Å²) < 4.78 is 0. The molecule has 0 saturated heterocycles. The molecule has 0 fully saturated rings. The van der Waals surface area contributed by atoms with E-state index in [4.69, 9.17) is 0 Å². The first-order chi connectivity index (χ1) is 7.13. The normalized spacial score (nSPS) is 9.73. The van der Waals surface area contributed by atoms with Gasteiger partial charge in [0, 0.05) is 5.56 Å². The number of Topliss-reactive ketones (excluding diaryl/α,β-unsaturated/α-hetero) is 1. The first kappa shape index (κ1) is 11.4. The van der Waals surface area contributed by atoms with Gasteiger partial charge < -0.3 is 5.32 Å². The fourth-order valence-corrected chi connectivity index (χ4v) is 1.20. The molecule has 0 aliphatic heterocycles. The summed E-state index contributed by atoms with van der Waals surface area (Å²) in [6.07, 6.45) is 0.954. The van der Waals surface area contributed by atoms with Gasteiger partial charge in [0.2, 0.25) is 0 Å². The molecule has 1 N–H and O–H groups in total. The maximum Gasteiger partial charge on any atom is 0.251 e. The molecule has 0 aliphatic carbocycles. The van der Waals surface area contributed by atoms with Gasteiger partial charge in [-0.2, -0.15) is 0 Å². The first-order valence-corrected chi connectivity index (χ1v) is 5.00. The van der Waals surface area contributed by atoms with Gasteiger partial charge in [-0.15, -0.1) is 0 Å². The number of benzene rings is 1. The van der Waals surface area contributed by atoms with Crippen LogP contribution in [0, 0.1) is 0 Å². The van der Waals surface area contributed by atoms with Gasteiger partial charge in [-0.05, 0) is 31.0 Å². The van der Waals surface area contributed by atoms with E-state index in [0.29, 0.717) is 5.56 Å². The zero-order valence-corrected chi connectivity index (χ0v) is 9.04. The summed E-state index contributed by atoms with van der Waals surface area (Å²) in [5, 5.41) is 2.55. The molecule has 80 valence electrons. The Balaban J connectivity index is 2.62. The lowest BCUT2D eigenvalue weighted by atomic mass is 10.1. The number of hydrogen-bond acceptors (Lipinski definition) is 2. The van der Waals surface area contributed by atoms with Crippen molar-refractivity contribution in [2.75, 3.05) is 6.54 Å². The number of hydrogen-bond donors (Lipinski definition) is 1. The van der Waals surface area contributed by atoms with E-state index in [1.807, 2.05) is 12.1 Å². The molecular weight excluding hydrogens is 190 g/mol. The van der Waals surface area contributed by atoms with Gasteiger partial charge >= 0.3 is 0 Å². The molecule has 0 saturated carbocycles. The van der Waals surface area contributed by atoms with Crippen molar-refractivity contribution in [3.05, 3.63) is 35.4 Å². The second kappa shape index (κ2) is 5.29. The second-order valence-corrected chi connectivity index (χ2v) is 3.44. The van der Waals surface area contributed by atoms with Crippen LogP contribution in [0.25, 0.3) is 0 Å². The Morgan fingerprint density at radius 1 is 1.20 bits per heavy atom. The van der Waals surface area contributed by atoms with Crippen molar-refractivity contribution in [3.63, 3.8) is 0 Å². The van der Waals surface area contributed by atoms with E-state index in [1.54, 1.807) is 12.1 Å². The number of carbonyl (C=O) groups is 2. The standard InChI is InChI=1S/C12H15NO2/c1-3-10-4-6-11(7-5-10)12(15)13-8-9(2)14/h4-7H,3,8H2,1-2H3,(H,13,15). The average Bonchev–Trinajstić information content (AvgIpc) is 2.26. The van der Waals surface area contributed by atoms with Crippen molar-refractivity contribution < 1.29 is 9.59 Å². The Bertz CT molecular complexity index is 354. The highest BCUT2D eigenvalue weighted by atomic mass is 16.2. The van der Waals surface area contributed by atoms with Gasteiger partial charge in [-0.25, -0.2) is 0 Å². The van der Waals surface area contributed by atoms with Gasteiger partial charge in [0.25, 0.3) is 5.91 Å². The molecule has 1 rings (SSSR count). The highest BCUT2D eigenvalue weighted by Crippen LogP contribution is 2.04. The zero-order chi connectivity index (χ0) is 11.3. The summed E-state index contributed by atoms with van der Waals surface area (Å²) in [5.41, 5.74) is 1.78. The van der Waals surface area contributed by atoms with Crippen LogP contribution in [0.15, 0.2) is 24.3 Å². The van der Waals surface area contributed by atoms with E-state index in [-0.39, 0.29) is 18.2 Å². The van der Waals surface area contributed by atoms with Crippen LogP contribution >= 0.6 is 0 Å². The summed E-state index contributed by atoms with van der Waals surface area (Å²) in [7, 11) is 0. The number of amides is 1. The molecule has 0 heterocycles. The lowest BCUT2D eigenvalue weighted by Gasteiger charge is -2.03. The van der Waals surface area contributed by atoms with Crippen molar-refractivity contribution >= 4 is 11.7 Å². The molecule has 0 atom stereocenters. The van der Waals surface area contributed by atoms with Crippen molar-refractivity contribution in [1.29, 1.82) is 0 Å². The van der Waals surface area contributed by atoms with Crippen molar-refractivity contribution in [3.8, 4) is 0 Å². The van der Waals surface area contributed by atoms with Crippen molar-refractivity contribution in [2.45, 2.75) is 20.3 Å². The topological polar surface area (TPSA) is 46.2 Å². The summed E-state index contributed by atoms with van der Waals surface area (Å²) in [4.78, 5) is 22.2. The minimum atomic E-state index is -0.201. The Kier molecular flexibility index (Phi) is 4.03. The fraction of sp³-hybridized carbons (Fsp3) is 0.333. The smallest absolute Gasteiger partial charge is 0.251 e. The van der Waals surface area contributed by atoms with Gasteiger partial charge in [0.05, 0.1) is 6.54 Å². The summed E-state index contributed by atoms with van der Waals surface area (Å²) in [6, 6.07) is 7.38. The van der Waals surface area contributed by atoms with Crippen LogP contribution < -0.4 is 5.32 Å². The van der Waals surface area contributed by atoms with Crippen LogP contribution in [-0.4, -0.2) is 18.2 Å². The van der Waals surface area contributed by atoms with E-state index in [9.17, 15) is 9.59 Å². The van der Waals surface area contributed by atoms with E-state index < -0.39 is 0 Å². The molecule has 0 aliphatic rings. The Hall–Kier alpha value is -1.64. The molecule has 1 aromatic rings. The number of rotatable bonds is 4. The highest BCUT2D eigenvalue weighted by Gasteiger charge is 2.04. The SMILES string of the molecule is CCc1ccc(C(=O)NCC(C)=O)cc1. The van der Waals surface area contributed by atoms with Crippen LogP contribution in [0.3, 0.4) is 0 Å². The maximum atomic E-state index is 11.5. The quantitative estimate of drug-likeness (QED) is 0.811. The monoisotopic (exact) mass is 205 g/mol. The Labute approximate surface area is 89.5 Å². The summed E-state index contributed by atoms with van der Waals surface area (Å²) in [6.45, 7) is 3.60. The minimum Gasteiger partial charge on any atom is -0.345 e. The third-order valence-electron chi connectivity index (χ3n) is 2.12. The lowest BCUT2D eigenvalue weighted by Crippen LogP contribution is -2.28. The fourth-order valence-electron chi connectivity index (χ4n) is 1.20. The van der Waals surface area contributed by atoms with E-state index in [1.165, 1.54) is 12.5 Å². The molecule has 0 aromatic heterocycles. The van der Waals surface area contributed by atoms with Crippen LogP contribution in [0.5, 0.6) is 0 Å². The molecule has 15 heavy (non-hydrogen) atoms. The van der Waals surface area contributed by atoms with E-state index in [0.717, 1.165) is 6.42 Å². The highest BCUT2D eigenvalue weighted by molar-refractivity contribution is 5.96. The van der Waals surface area contributed by atoms with Crippen LogP contribution in [0.4, 0.5) is 0 Å². The number of carbonyl (C=O) groups excluding carboxylic acids is 2. The number of nitrogens with one attached hydrogen (secondary N) is 1. The Morgan fingerprint density at radius 2 is 1.80 bits per heavy atom. The second-order valence-electron chi connectivity index (χ2n) is 3.44. The number of ketones is 1. The molecule has 0 unspecified atom stereocenters. The Morgan fingerprint density at radius 3 is 2.27 bits per heavy atom. The van der Waals surface area contributed by atoms with Gasteiger partial charge in [-0.3, -0.25) is 9.59 Å². The van der Waals surface area contributed by atoms with Crippen LogP contribution in [0.1, 0.15) is 29.8 Å². The maximum absolute atomic E-state index is 11.5. The minimum absolute atomic E-state index is 0.0477. The average molecular weight is 205 g/mol. The molecule has 1 aromatic carbocycles. The first-order valence-electron chi connectivity index (χ1n) is 5.00. The molecule has 3 heteroatoms. The van der Waals surface area contributed by atoms with Gasteiger partial charge in [-0.1, -0.05) is 19.1 Å². The van der Waals surface area contributed by atoms with Crippen molar-refractivity contribution in [1.82, 2.24) is 5.32 Å². The number of aryl methyl sites for hydroxylation is 1. The molecule has 1 amide bonds. The molecule has 0 bridgehead atoms. The molecule has 0 radical (unpaired) electrons. The predicted octanol–water partition coefficient (Wildman–Crippen LogP) is 1.57. The van der Waals surface area contributed by atoms with Crippen molar-refractivity contribution in [2.24, 2.45) is 0 Å². The largest absolute Gasteiger partial charge is 0.345 e. The molecule has 3 nitrogen and oxygen atoms in total.